The Labute approximate surface area is 45.7 Å². The minimum Gasteiger partial charge on any atom is -0.133 e. The quantitative estimate of drug-likeness (QED) is 0.248. The second kappa shape index (κ2) is 3.16. The van der Waals surface area contributed by atoms with Gasteiger partial charge in [0.2, 0.25) is 0 Å². The Kier molecular flexibility index (Phi) is 2.69. The second-order valence-electron chi connectivity index (χ2n) is 0.633. The summed E-state index contributed by atoms with van der Waals surface area (Å²) in [6.07, 6.45) is 9.58. The SMILES string of the molecule is C#C[S+](C#C)C#N. The molecule has 0 amide bonds. The van der Waals surface area contributed by atoms with Gasteiger partial charge in [0.15, 0.2) is 10.5 Å². The van der Waals surface area contributed by atoms with Crippen LogP contribution < -0.4 is 0 Å². The number of nitrogens with zero attached hydrogens (tertiary/aromatic N) is 1. The average molecular weight is 108 g/mol. The molecule has 0 spiro atoms. The fourth-order valence-corrected chi connectivity index (χ4v) is 0.260. The molecule has 0 aromatic rings. The summed E-state index contributed by atoms with van der Waals surface area (Å²) in [4.78, 5) is 0. The molecule has 7 heavy (non-hydrogen) atoms. The van der Waals surface area contributed by atoms with Gasteiger partial charge in [0.25, 0.3) is 10.9 Å². The highest BCUT2D eigenvalue weighted by atomic mass is 32.2. The minimum absolute atomic E-state index is 0.884. The van der Waals surface area contributed by atoms with Crippen molar-refractivity contribution in [2.45, 2.75) is 0 Å². The molecule has 1 nitrogen and oxygen atoms in total. The lowest BCUT2D eigenvalue weighted by Gasteiger charge is -1.59. The Bertz CT molecular complexity index is 131. The standard InChI is InChI=1S/C5H2NS/c1-3-7(4-2)5-6/h1-2H/q+1. The van der Waals surface area contributed by atoms with Crippen molar-refractivity contribution in [2.75, 3.05) is 0 Å². The molecule has 0 N–H and O–H groups in total. The highest BCUT2D eigenvalue weighted by Crippen LogP contribution is 1.83. The van der Waals surface area contributed by atoms with Crippen LogP contribution in [0.3, 0.4) is 0 Å². The van der Waals surface area contributed by atoms with Crippen LogP contribution in [0.25, 0.3) is 0 Å². The minimum atomic E-state index is -0.884. The van der Waals surface area contributed by atoms with Crippen molar-refractivity contribution in [1.82, 2.24) is 0 Å². The molecule has 0 unspecified atom stereocenters. The monoisotopic (exact) mass is 108 g/mol. The highest BCUT2D eigenvalue weighted by Gasteiger charge is 2.07. The van der Waals surface area contributed by atoms with Crippen LogP contribution in [-0.2, 0) is 10.9 Å². The molecule has 0 aliphatic heterocycles. The fourth-order valence-electron chi connectivity index (χ4n) is 0.0867. The summed E-state index contributed by atoms with van der Waals surface area (Å²) in [5.41, 5.74) is 0. The van der Waals surface area contributed by atoms with Crippen molar-refractivity contribution in [3.05, 3.63) is 0 Å². The molecule has 32 valence electrons. The maximum atomic E-state index is 8.00. The van der Waals surface area contributed by atoms with E-state index in [1.165, 1.54) is 0 Å². The molecule has 0 aliphatic rings. The highest BCUT2D eigenvalue weighted by molar-refractivity contribution is 8.09. The van der Waals surface area contributed by atoms with Gasteiger partial charge in [0.05, 0.1) is 0 Å². The van der Waals surface area contributed by atoms with E-state index >= 15 is 0 Å². The number of hydrogen-bond acceptors (Lipinski definition) is 1. The van der Waals surface area contributed by atoms with Crippen LogP contribution in [0.2, 0.25) is 0 Å². The fraction of sp³-hybridized carbons (Fsp3) is 0. The van der Waals surface area contributed by atoms with Crippen molar-refractivity contribution < 1.29 is 0 Å². The van der Waals surface area contributed by atoms with Crippen LogP contribution in [0.5, 0.6) is 0 Å². The first kappa shape index (κ1) is 5.96. The lowest BCUT2D eigenvalue weighted by molar-refractivity contribution is 1.57. The van der Waals surface area contributed by atoms with E-state index in [4.69, 9.17) is 18.1 Å². The van der Waals surface area contributed by atoms with E-state index < -0.39 is 10.9 Å². The van der Waals surface area contributed by atoms with Crippen LogP contribution in [0.1, 0.15) is 0 Å². The van der Waals surface area contributed by atoms with E-state index in [1.54, 1.807) is 5.40 Å². The maximum absolute atomic E-state index is 8.00. The zero-order valence-electron chi connectivity index (χ0n) is 3.51. The molecular weight excluding hydrogens is 106 g/mol. The first-order valence-electron chi connectivity index (χ1n) is 1.41. The van der Waals surface area contributed by atoms with Gasteiger partial charge in [-0.25, -0.2) is 0 Å². The van der Waals surface area contributed by atoms with E-state index in [0.29, 0.717) is 0 Å². The van der Waals surface area contributed by atoms with Crippen molar-refractivity contribution >= 4 is 10.9 Å². The Hall–Kier alpha value is -1.04. The molecule has 0 bridgehead atoms. The number of nitriles is 1. The largest absolute Gasteiger partial charge is 0.351 e. The van der Waals surface area contributed by atoms with Gasteiger partial charge in [0, 0.05) is 0 Å². The Balaban J connectivity index is 3.82. The van der Waals surface area contributed by atoms with Crippen molar-refractivity contribution in [2.24, 2.45) is 0 Å². The van der Waals surface area contributed by atoms with Gasteiger partial charge in [0.1, 0.15) is 0 Å². The molecule has 0 radical (unpaired) electrons. The van der Waals surface area contributed by atoms with Crippen LogP contribution in [-0.4, -0.2) is 0 Å². The van der Waals surface area contributed by atoms with Gasteiger partial charge in [-0.05, 0) is 0 Å². The summed E-state index contributed by atoms with van der Waals surface area (Å²) < 4.78 is 0. The number of terminal acetylenes is 2. The molecule has 0 aromatic carbocycles. The summed E-state index contributed by atoms with van der Waals surface area (Å²) in [6.45, 7) is 0. The molecular formula is C5H2NS+. The van der Waals surface area contributed by atoms with Crippen molar-refractivity contribution in [3.8, 4) is 28.8 Å². The summed E-state index contributed by atoms with van der Waals surface area (Å²) in [6, 6.07) is 0. The lowest BCUT2D eigenvalue weighted by atomic mass is 11.4. The van der Waals surface area contributed by atoms with Crippen molar-refractivity contribution in [1.29, 1.82) is 5.26 Å². The summed E-state index contributed by atoms with van der Waals surface area (Å²) in [5.74, 6) is 0. The second-order valence-corrected chi connectivity index (χ2v) is 1.90. The molecule has 0 aromatic heterocycles. The van der Waals surface area contributed by atoms with E-state index in [-0.39, 0.29) is 0 Å². The summed E-state index contributed by atoms with van der Waals surface area (Å²) in [5, 5.41) is 14.0. The van der Waals surface area contributed by atoms with Crippen molar-refractivity contribution in [3.63, 3.8) is 0 Å². The summed E-state index contributed by atoms with van der Waals surface area (Å²) >= 11 is 0. The Morgan fingerprint density at radius 3 is 1.71 bits per heavy atom. The molecule has 0 heterocycles. The van der Waals surface area contributed by atoms with Gasteiger partial charge in [-0.2, -0.15) is 0 Å². The third-order valence-electron chi connectivity index (χ3n) is 0.327. The van der Waals surface area contributed by atoms with Crippen LogP contribution >= 0.6 is 0 Å². The van der Waals surface area contributed by atoms with Gasteiger partial charge < -0.3 is 0 Å². The third kappa shape index (κ3) is 1.77. The molecule has 0 fully saturated rings. The van der Waals surface area contributed by atoms with E-state index in [0.717, 1.165) is 0 Å². The molecule has 2 heteroatoms. The maximum Gasteiger partial charge on any atom is 0.351 e. The molecule has 0 aliphatic carbocycles. The number of thiocyanates is 1. The lowest BCUT2D eigenvalue weighted by Crippen LogP contribution is -1.82. The van der Waals surface area contributed by atoms with Crippen LogP contribution in [0, 0.1) is 34.0 Å². The Morgan fingerprint density at radius 2 is 1.71 bits per heavy atom. The molecule has 0 rings (SSSR count). The number of rotatable bonds is 0. The third-order valence-corrected chi connectivity index (χ3v) is 0.981. The topological polar surface area (TPSA) is 23.8 Å². The van der Waals surface area contributed by atoms with E-state index in [2.05, 4.69) is 10.5 Å². The van der Waals surface area contributed by atoms with E-state index in [1.807, 2.05) is 0 Å². The van der Waals surface area contributed by atoms with Gasteiger partial charge in [-0.15, -0.1) is 5.26 Å². The zero-order valence-corrected chi connectivity index (χ0v) is 4.33. The smallest absolute Gasteiger partial charge is 0.133 e. The average Bonchev–Trinajstić information content (AvgIpc) is 1.72. The number of hydrogen-bond donors (Lipinski definition) is 0. The molecule has 0 saturated heterocycles. The first-order valence-corrected chi connectivity index (χ1v) is 2.64. The van der Waals surface area contributed by atoms with Crippen LogP contribution in [0.15, 0.2) is 0 Å². The predicted molar refractivity (Wildman–Crippen MR) is 30.6 cm³/mol. The first-order chi connectivity index (χ1) is 3.35. The Morgan fingerprint density at radius 1 is 1.29 bits per heavy atom. The normalized spacial score (nSPS) is 6.00. The predicted octanol–water partition coefficient (Wildman–Crippen LogP) is 0.267. The summed E-state index contributed by atoms with van der Waals surface area (Å²) in [7, 11) is -0.884. The van der Waals surface area contributed by atoms with Gasteiger partial charge >= 0.3 is 5.40 Å². The van der Waals surface area contributed by atoms with Crippen LogP contribution in [0.4, 0.5) is 0 Å². The van der Waals surface area contributed by atoms with Gasteiger partial charge in [-0.3, -0.25) is 0 Å². The van der Waals surface area contributed by atoms with E-state index in [9.17, 15) is 0 Å². The molecule has 0 saturated carbocycles. The molecule has 0 atom stereocenters. The zero-order chi connectivity index (χ0) is 5.70. The van der Waals surface area contributed by atoms with Gasteiger partial charge in [-0.1, -0.05) is 12.8 Å².